The first-order valence-corrected chi connectivity index (χ1v) is 7.20. The zero-order valence-electron chi connectivity index (χ0n) is 12.1. The minimum absolute atomic E-state index is 0.290. The third kappa shape index (κ3) is 2.38. The van der Waals surface area contributed by atoms with Crippen molar-refractivity contribution in [2.75, 3.05) is 0 Å². The van der Waals surface area contributed by atoms with Crippen molar-refractivity contribution >= 4 is 10.9 Å². The molecule has 1 N–H and O–H groups in total. The number of nitrogens with one attached hydrogen (secondary N) is 1. The van der Waals surface area contributed by atoms with Crippen molar-refractivity contribution in [3.8, 4) is 22.5 Å². The molecule has 0 aliphatic rings. The highest BCUT2D eigenvalue weighted by molar-refractivity contribution is 5.93. The van der Waals surface area contributed by atoms with E-state index in [4.69, 9.17) is 0 Å². The summed E-state index contributed by atoms with van der Waals surface area (Å²) in [5, 5.41) is 15.7. The second kappa shape index (κ2) is 5.46. The summed E-state index contributed by atoms with van der Waals surface area (Å²) >= 11 is 0. The molecule has 110 valence electrons. The van der Waals surface area contributed by atoms with E-state index < -0.39 is 0 Å². The Morgan fingerprint density at radius 1 is 0.783 bits per heavy atom. The number of nitrogens with zero attached hydrogens (tertiary/aromatic N) is 3. The Labute approximate surface area is 131 Å². The molecule has 0 atom stereocenters. The van der Waals surface area contributed by atoms with E-state index in [1.807, 2.05) is 66.7 Å². The van der Waals surface area contributed by atoms with Crippen LogP contribution in [0.5, 0.6) is 0 Å². The Hall–Kier alpha value is -3.34. The molecule has 0 amide bonds. The van der Waals surface area contributed by atoms with Gasteiger partial charge in [0.1, 0.15) is 5.69 Å². The summed E-state index contributed by atoms with van der Waals surface area (Å²) in [6.45, 7) is 0. The predicted octanol–water partition coefficient (Wildman–Crippen LogP) is 3.05. The van der Waals surface area contributed by atoms with Gasteiger partial charge in [0.25, 0.3) is 5.56 Å². The smallest absolute Gasteiger partial charge is 0.265 e. The lowest BCUT2D eigenvalue weighted by Gasteiger charge is -2.06. The largest absolute Gasteiger partial charge is 0.292 e. The summed E-state index contributed by atoms with van der Waals surface area (Å²) in [4.78, 5) is 12.0. The Morgan fingerprint density at radius 2 is 1.43 bits per heavy atom. The predicted molar refractivity (Wildman–Crippen MR) is 88.8 cm³/mol. The molecule has 0 spiro atoms. The van der Waals surface area contributed by atoms with Crippen LogP contribution in [0.1, 0.15) is 0 Å². The van der Waals surface area contributed by atoms with Crippen molar-refractivity contribution in [1.82, 2.24) is 20.4 Å². The maximum Gasteiger partial charge on any atom is 0.292 e. The Kier molecular flexibility index (Phi) is 3.16. The van der Waals surface area contributed by atoms with Gasteiger partial charge in [-0.3, -0.25) is 4.79 Å². The molecule has 0 radical (unpaired) electrons. The zero-order valence-corrected chi connectivity index (χ0v) is 12.1. The van der Waals surface area contributed by atoms with Gasteiger partial charge < -0.3 is 0 Å². The van der Waals surface area contributed by atoms with Crippen LogP contribution in [0.2, 0.25) is 0 Å². The second-order valence-corrected chi connectivity index (χ2v) is 5.13. The van der Waals surface area contributed by atoms with Crippen molar-refractivity contribution in [2.24, 2.45) is 0 Å². The summed E-state index contributed by atoms with van der Waals surface area (Å²) in [5.41, 5.74) is 3.21. The highest BCUT2D eigenvalue weighted by atomic mass is 16.1. The molecule has 4 rings (SSSR count). The number of hydrogen-bond acceptors (Lipinski definition) is 4. The van der Waals surface area contributed by atoms with Crippen LogP contribution in [0.15, 0.2) is 71.5 Å². The van der Waals surface area contributed by atoms with Gasteiger partial charge in [0.2, 0.25) is 0 Å². The van der Waals surface area contributed by atoms with Gasteiger partial charge in [0, 0.05) is 16.5 Å². The summed E-state index contributed by atoms with van der Waals surface area (Å²) in [6.07, 6.45) is 0. The molecule has 0 unspecified atom stereocenters. The third-order valence-electron chi connectivity index (χ3n) is 3.65. The van der Waals surface area contributed by atoms with E-state index in [-0.39, 0.29) is 5.56 Å². The van der Waals surface area contributed by atoms with E-state index in [2.05, 4.69) is 20.4 Å². The lowest BCUT2D eigenvalue weighted by Crippen LogP contribution is -2.12. The minimum atomic E-state index is -0.341. The third-order valence-corrected chi connectivity index (χ3v) is 3.65. The summed E-state index contributed by atoms with van der Waals surface area (Å²) in [6, 6.07) is 21.3. The topological polar surface area (TPSA) is 71.5 Å². The van der Waals surface area contributed by atoms with Gasteiger partial charge in [0.15, 0.2) is 5.52 Å². The van der Waals surface area contributed by atoms with Crippen molar-refractivity contribution in [1.29, 1.82) is 0 Å². The monoisotopic (exact) mass is 300 g/mol. The highest BCUT2D eigenvalue weighted by Crippen LogP contribution is 2.26. The fourth-order valence-electron chi connectivity index (χ4n) is 2.53. The maximum atomic E-state index is 12.0. The molecule has 0 saturated heterocycles. The lowest BCUT2D eigenvalue weighted by molar-refractivity contribution is 0.986. The first-order valence-electron chi connectivity index (χ1n) is 7.20. The summed E-state index contributed by atoms with van der Waals surface area (Å²) in [5.74, 6) is 0. The first-order chi connectivity index (χ1) is 11.3. The van der Waals surface area contributed by atoms with E-state index >= 15 is 0 Å². The number of aromatic amines is 1. The lowest BCUT2D eigenvalue weighted by atomic mass is 10.1. The zero-order chi connectivity index (χ0) is 15.6. The van der Waals surface area contributed by atoms with Crippen molar-refractivity contribution in [2.45, 2.75) is 0 Å². The molecule has 4 aromatic rings. The van der Waals surface area contributed by atoms with Crippen LogP contribution in [-0.4, -0.2) is 20.4 Å². The average Bonchev–Trinajstić information content (AvgIpc) is 2.63. The van der Waals surface area contributed by atoms with Gasteiger partial charge in [-0.05, 0) is 6.07 Å². The van der Waals surface area contributed by atoms with Crippen molar-refractivity contribution in [3.63, 3.8) is 0 Å². The van der Waals surface area contributed by atoms with Crippen molar-refractivity contribution in [3.05, 3.63) is 77.1 Å². The average molecular weight is 300 g/mol. The molecule has 0 aliphatic carbocycles. The van der Waals surface area contributed by atoms with E-state index in [1.165, 1.54) is 0 Å². The molecular formula is C18H12N4O. The molecule has 0 aliphatic heterocycles. The Morgan fingerprint density at radius 3 is 2.13 bits per heavy atom. The normalized spacial score (nSPS) is 10.8. The van der Waals surface area contributed by atoms with Crippen LogP contribution >= 0.6 is 0 Å². The molecule has 0 bridgehead atoms. The Balaban J connectivity index is 2.01. The number of hydrogen-bond donors (Lipinski definition) is 1. The van der Waals surface area contributed by atoms with E-state index in [0.717, 1.165) is 11.1 Å². The molecule has 2 heterocycles. The number of benzene rings is 2. The molecule has 2 aromatic carbocycles. The molecule has 0 fully saturated rings. The van der Waals surface area contributed by atoms with Crippen LogP contribution in [0, 0.1) is 0 Å². The first kappa shape index (κ1) is 13.3. The van der Waals surface area contributed by atoms with Crippen LogP contribution in [0.3, 0.4) is 0 Å². The van der Waals surface area contributed by atoms with E-state index in [9.17, 15) is 4.79 Å². The molecular weight excluding hydrogens is 288 g/mol. The van der Waals surface area contributed by atoms with Gasteiger partial charge >= 0.3 is 0 Å². The second-order valence-electron chi connectivity index (χ2n) is 5.13. The van der Waals surface area contributed by atoms with Crippen LogP contribution in [-0.2, 0) is 0 Å². The molecule has 2 aromatic heterocycles. The van der Waals surface area contributed by atoms with Gasteiger partial charge in [-0.15, -0.1) is 10.2 Å². The highest BCUT2D eigenvalue weighted by Gasteiger charge is 2.12. The molecule has 23 heavy (non-hydrogen) atoms. The van der Waals surface area contributed by atoms with E-state index in [0.29, 0.717) is 22.3 Å². The van der Waals surface area contributed by atoms with Gasteiger partial charge in [-0.25, -0.2) is 5.10 Å². The van der Waals surface area contributed by atoms with E-state index in [1.54, 1.807) is 0 Å². The number of rotatable bonds is 2. The van der Waals surface area contributed by atoms with Gasteiger partial charge in [-0.1, -0.05) is 60.7 Å². The van der Waals surface area contributed by atoms with Crippen LogP contribution in [0.4, 0.5) is 0 Å². The minimum Gasteiger partial charge on any atom is -0.265 e. The number of aromatic nitrogens is 4. The molecule has 5 heteroatoms. The standard InChI is InChI=1S/C18H12N4O/c23-18-17-14(16(20-22-18)13-9-5-2-6-10-13)11-15(19-21-17)12-7-3-1-4-8-12/h1-11H,(H,22,23). The maximum absolute atomic E-state index is 12.0. The molecule has 0 saturated carbocycles. The Bertz CT molecular complexity index is 1030. The number of H-pyrrole nitrogens is 1. The fourth-order valence-corrected chi connectivity index (χ4v) is 2.53. The molecule has 5 nitrogen and oxygen atoms in total. The summed E-state index contributed by atoms with van der Waals surface area (Å²) < 4.78 is 0. The van der Waals surface area contributed by atoms with Crippen LogP contribution in [0.25, 0.3) is 33.4 Å². The fraction of sp³-hybridized carbons (Fsp3) is 0. The van der Waals surface area contributed by atoms with Crippen LogP contribution < -0.4 is 5.56 Å². The van der Waals surface area contributed by atoms with Gasteiger partial charge in [-0.2, -0.15) is 5.10 Å². The number of fused-ring (bicyclic) bond motifs is 1. The van der Waals surface area contributed by atoms with Gasteiger partial charge in [0.05, 0.1) is 5.69 Å². The SMILES string of the molecule is O=c1[nH]nc(-c2ccccc2)c2cc(-c3ccccc3)nnc12. The summed E-state index contributed by atoms with van der Waals surface area (Å²) in [7, 11) is 0. The quantitative estimate of drug-likeness (QED) is 0.617. The van der Waals surface area contributed by atoms with Crippen molar-refractivity contribution < 1.29 is 0 Å².